The van der Waals surface area contributed by atoms with Crippen molar-refractivity contribution in [2.24, 2.45) is 5.92 Å². The molecule has 1 saturated heterocycles. The van der Waals surface area contributed by atoms with Gasteiger partial charge in [-0.1, -0.05) is 6.07 Å². The summed E-state index contributed by atoms with van der Waals surface area (Å²) in [7, 11) is 3.40. The summed E-state index contributed by atoms with van der Waals surface area (Å²) in [6.07, 6.45) is 2.22. The highest BCUT2D eigenvalue weighted by Crippen LogP contribution is 2.38. The van der Waals surface area contributed by atoms with E-state index in [0.717, 1.165) is 32.5 Å². The van der Waals surface area contributed by atoms with Gasteiger partial charge in [0.15, 0.2) is 5.75 Å². The number of para-hydroxylation sites is 1. The van der Waals surface area contributed by atoms with Gasteiger partial charge in [-0.3, -0.25) is 10.1 Å². The number of nitrogens with one attached hydrogen (secondary N) is 1. The number of nitro groups is 1. The first-order valence-corrected chi connectivity index (χ1v) is 6.88. The summed E-state index contributed by atoms with van der Waals surface area (Å²) in [6, 6.07) is 5.25. The number of methoxy groups -OCH3 is 1. The van der Waals surface area contributed by atoms with Crippen molar-refractivity contribution in [1.82, 2.24) is 5.32 Å². The van der Waals surface area contributed by atoms with Crippen LogP contribution in [0.1, 0.15) is 12.8 Å². The topological polar surface area (TPSA) is 67.6 Å². The molecule has 1 unspecified atom stereocenters. The Hall–Kier alpha value is -1.82. The van der Waals surface area contributed by atoms with E-state index in [1.165, 1.54) is 7.11 Å². The van der Waals surface area contributed by atoms with Crippen LogP contribution in [0.2, 0.25) is 0 Å². The summed E-state index contributed by atoms with van der Waals surface area (Å²) < 4.78 is 5.13. The van der Waals surface area contributed by atoms with Gasteiger partial charge in [-0.25, -0.2) is 0 Å². The van der Waals surface area contributed by atoms with Crippen LogP contribution in [-0.2, 0) is 0 Å². The van der Waals surface area contributed by atoms with Crippen LogP contribution in [0.15, 0.2) is 18.2 Å². The van der Waals surface area contributed by atoms with Crippen LogP contribution in [0, 0.1) is 16.0 Å². The van der Waals surface area contributed by atoms with Gasteiger partial charge < -0.3 is 15.0 Å². The zero-order valence-corrected chi connectivity index (χ0v) is 12.0. The number of hydrogen-bond donors (Lipinski definition) is 1. The Morgan fingerprint density at radius 1 is 1.55 bits per heavy atom. The van der Waals surface area contributed by atoms with Gasteiger partial charge in [-0.15, -0.1) is 0 Å². The second-order valence-corrected chi connectivity index (χ2v) is 5.10. The molecular weight excluding hydrogens is 258 g/mol. The van der Waals surface area contributed by atoms with E-state index in [0.29, 0.717) is 17.4 Å². The maximum atomic E-state index is 11.3. The molecule has 1 fully saturated rings. The third-order valence-corrected chi connectivity index (χ3v) is 3.73. The third-order valence-electron chi connectivity index (χ3n) is 3.73. The minimum atomic E-state index is -0.351. The molecule has 6 heteroatoms. The van der Waals surface area contributed by atoms with Crippen molar-refractivity contribution in [3.63, 3.8) is 0 Å². The summed E-state index contributed by atoms with van der Waals surface area (Å²) >= 11 is 0. The molecule has 1 aliphatic heterocycles. The quantitative estimate of drug-likeness (QED) is 0.660. The number of rotatable bonds is 5. The lowest BCUT2D eigenvalue weighted by molar-refractivity contribution is -0.385. The van der Waals surface area contributed by atoms with Crippen molar-refractivity contribution in [2.45, 2.75) is 12.8 Å². The lowest BCUT2D eigenvalue weighted by Crippen LogP contribution is -2.39. The molecule has 0 aromatic heterocycles. The molecule has 1 heterocycles. The molecular formula is C14H21N3O3. The van der Waals surface area contributed by atoms with Crippen molar-refractivity contribution < 1.29 is 9.66 Å². The summed E-state index contributed by atoms with van der Waals surface area (Å²) in [5, 5.41) is 14.5. The fourth-order valence-electron chi connectivity index (χ4n) is 2.85. The number of anilines is 1. The van der Waals surface area contributed by atoms with Crippen molar-refractivity contribution in [2.75, 3.05) is 38.7 Å². The minimum Gasteiger partial charge on any atom is -0.490 e. The van der Waals surface area contributed by atoms with Crippen LogP contribution in [-0.4, -0.2) is 38.7 Å². The average molecular weight is 279 g/mol. The molecule has 1 atom stereocenters. The number of nitro benzene ring substituents is 1. The predicted molar refractivity (Wildman–Crippen MR) is 78.5 cm³/mol. The molecule has 6 nitrogen and oxygen atoms in total. The molecule has 0 saturated carbocycles. The first kappa shape index (κ1) is 14.6. The van der Waals surface area contributed by atoms with Crippen LogP contribution in [0.25, 0.3) is 0 Å². The Kier molecular flexibility index (Phi) is 4.79. The molecule has 0 spiro atoms. The van der Waals surface area contributed by atoms with Gasteiger partial charge >= 0.3 is 5.69 Å². The average Bonchev–Trinajstić information content (AvgIpc) is 2.47. The zero-order chi connectivity index (χ0) is 14.5. The normalized spacial score (nSPS) is 18.9. The number of piperidine rings is 1. The van der Waals surface area contributed by atoms with Gasteiger partial charge in [0.25, 0.3) is 0 Å². The molecule has 110 valence electrons. The van der Waals surface area contributed by atoms with Crippen LogP contribution < -0.4 is 15.0 Å². The molecule has 0 radical (unpaired) electrons. The van der Waals surface area contributed by atoms with Gasteiger partial charge in [-0.2, -0.15) is 0 Å². The largest absolute Gasteiger partial charge is 0.490 e. The monoisotopic (exact) mass is 279 g/mol. The van der Waals surface area contributed by atoms with Gasteiger partial charge in [0.05, 0.1) is 12.0 Å². The zero-order valence-electron chi connectivity index (χ0n) is 12.0. The number of ether oxygens (including phenoxy) is 1. The van der Waals surface area contributed by atoms with E-state index >= 15 is 0 Å². The maximum Gasteiger partial charge on any atom is 0.333 e. The number of nitrogens with zero attached hydrogens (tertiary/aromatic N) is 2. The first-order chi connectivity index (χ1) is 9.67. The standard InChI is InChI=1S/C14H21N3O3/c1-15-9-11-5-4-8-16(10-11)12-6-3-7-13(20-2)14(12)17(18)19/h3,6-7,11,15H,4-5,8-10H2,1-2H3. The van der Waals surface area contributed by atoms with E-state index in [4.69, 9.17) is 4.74 Å². The Morgan fingerprint density at radius 3 is 3.00 bits per heavy atom. The fourth-order valence-corrected chi connectivity index (χ4v) is 2.85. The van der Waals surface area contributed by atoms with E-state index in [2.05, 4.69) is 10.2 Å². The molecule has 1 aliphatic rings. The summed E-state index contributed by atoms with van der Waals surface area (Å²) in [5.74, 6) is 0.850. The molecule has 1 N–H and O–H groups in total. The second kappa shape index (κ2) is 6.56. The third kappa shape index (κ3) is 3.01. The summed E-state index contributed by atoms with van der Waals surface area (Å²) in [5.41, 5.74) is 0.732. The van der Waals surface area contributed by atoms with E-state index < -0.39 is 0 Å². The molecule has 1 aromatic carbocycles. The van der Waals surface area contributed by atoms with Gasteiger partial charge in [0.1, 0.15) is 5.69 Å². The van der Waals surface area contributed by atoms with Crippen molar-refractivity contribution in [3.8, 4) is 5.75 Å². The molecule has 0 amide bonds. The van der Waals surface area contributed by atoms with Crippen LogP contribution in [0.5, 0.6) is 5.75 Å². The lowest BCUT2D eigenvalue weighted by Gasteiger charge is -2.34. The van der Waals surface area contributed by atoms with Crippen molar-refractivity contribution in [1.29, 1.82) is 0 Å². The van der Waals surface area contributed by atoms with Gasteiger partial charge in [0, 0.05) is 13.1 Å². The van der Waals surface area contributed by atoms with Crippen molar-refractivity contribution in [3.05, 3.63) is 28.3 Å². The Morgan fingerprint density at radius 2 is 2.35 bits per heavy atom. The van der Waals surface area contributed by atoms with E-state index in [-0.39, 0.29) is 10.6 Å². The highest BCUT2D eigenvalue weighted by Gasteiger charge is 2.28. The highest BCUT2D eigenvalue weighted by molar-refractivity contribution is 5.70. The Bertz CT molecular complexity index is 477. The number of hydrogen-bond acceptors (Lipinski definition) is 5. The lowest BCUT2D eigenvalue weighted by atomic mass is 9.97. The van der Waals surface area contributed by atoms with E-state index in [1.807, 2.05) is 19.2 Å². The number of benzene rings is 1. The van der Waals surface area contributed by atoms with Crippen LogP contribution >= 0.6 is 0 Å². The molecule has 20 heavy (non-hydrogen) atoms. The predicted octanol–water partition coefficient (Wildman–Crippen LogP) is 2.04. The van der Waals surface area contributed by atoms with Crippen LogP contribution in [0.4, 0.5) is 11.4 Å². The van der Waals surface area contributed by atoms with Crippen molar-refractivity contribution >= 4 is 11.4 Å². The Balaban J connectivity index is 2.29. The van der Waals surface area contributed by atoms with E-state index in [1.54, 1.807) is 6.07 Å². The molecule has 2 rings (SSSR count). The van der Waals surface area contributed by atoms with Gasteiger partial charge in [-0.05, 0) is 44.5 Å². The first-order valence-electron chi connectivity index (χ1n) is 6.88. The summed E-state index contributed by atoms with van der Waals surface area (Å²) in [4.78, 5) is 13.1. The highest BCUT2D eigenvalue weighted by atomic mass is 16.6. The second-order valence-electron chi connectivity index (χ2n) is 5.10. The smallest absolute Gasteiger partial charge is 0.333 e. The Labute approximate surface area is 118 Å². The summed E-state index contributed by atoms with van der Waals surface area (Å²) in [6.45, 7) is 2.64. The van der Waals surface area contributed by atoms with Crippen LogP contribution in [0.3, 0.4) is 0 Å². The SMILES string of the molecule is CNCC1CCCN(c2cccc(OC)c2[N+](=O)[O-])C1. The molecule has 1 aromatic rings. The fraction of sp³-hybridized carbons (Fsp3) is 0.571. The molecule has 0 aliphatic carbocycles. The van der Waals surface area contributed by atoms with Gasteiger partial charge in [0.2, 0.25) is 0 Å². The maximum absolute atomic E-state index is 11.3. The minimum absolute atomic E-state index is 0.0695. The van der Waals surface area contributed by atoms with E-state index in [9.17, 15) is 10.1 Å². The molecule has 0 bridgehead atoms.